The Hall–Kier alpha value is -1.82. The molecule has 1 unspecified atom stereocenters. The highest BCUT2D eigenvalue weighted by molar-refractivity contribution is 7.99. The van der Waals surface area contributed by atoms with E-state index in [1.54, 1.807) is 0 Å². The molecule has 0 radical (unpaired) electrons. The van der Waals surface area contributed by atoms with Gasteiger partial charge in [-0.2, -0.15) is 0 Å². The standard InChI is InChI=1S/C18H26N4OS/c1-6-14(4)21(5)16(23)12-24-18-20-19-17(22(18)7-2)15-11-9-8-10-13(15)3/h8-11,14H,6-7,12H2,1-5H3. The minimum Gasteiger partial charge on any atom is -0.342 e. The van der Waals surface area contributed by atoms with Crippen LogP contribution >= 0.6 is 11.8 Å². The lowest BCUT2D eigenvalue weighted by Gasteiger charge is -2.23. The van der Waals surface area contributed by atoms with Gasteiger partial charge in [0.15, 0.2) is 11.0 Å². The van der Waals surface area contributed by atoms with Crippen LogP contribution in [0.25, 0.3) is 11.4 Å². The molecule has 0 spiro atoms. The topological polar surface area (TPSA) is 51.0 Å². The quantitative estimate of drug-likeness (QED) is 0.719. The third kappa shape index (κ3) is 3.98. The van der Waals surface area contributed by atoms with Gasteiger partial charge in [-0.25, -0.2) is 0 Å². The van der Waals surface area contributed by atoms with Gasteiger partial charge < -0.3 is 9.47 Å². The Kier molecular flexibility index (Phi) is 6.43. The first-order chi connectivity index (χ1) is 11.5. The van der Waals surface area contributed by atoms with Gasteiger partial charge in [-0.05, 0) is 32.8 Å². The monoisotopic (exact) mass is 346 g/mol. The van der Waals surface area contributed by atoms with E-state index in [0.717, 1.165) is 29.5 Å². The van der Waals surface area contributed by atoms with Crippen molar-refractivity contribution in [1.82, 2.24) is 19.7 Å². The smallest absolute Gasteiger partial charge is 0.233 e. The van der Waals surface area contributed by atoms with Crippen LogP contribution in [0.5, 0.6) is 0 Å². The van der Waals surface area contributed by atoms with Crippen molar-refractivity contribution in [2.24, 2.45) is 0 Å². The molecule has 1 amide bonds. The molecular formula is C18H26N4OS. The maximum atomic E-state index is 12.3. The zero-order chi connectivity index (χ0) is 17.7. The lowest BCUT2D eigenvalue weighted by Crippen LogP contribution is -2.35. The van der Waals surface area contributed by atoms with Gasteiger partial charge in [0.1, 0.15) is 0 Å². The number of nitrogens with zero attached hydrogens (tertiary/aromatic N) is 4. The van der Waals surface area contributed by atoms with Crippen LogP contribution in [-0.4, -0.2) is 44.4 Å². The molecule has 0 bridgehead atoms. The number of rotatable bonds is 7. The molecule has 1 aromatic carbocycles. The summed E-state index contributed by atoms with van der Waals surface area (Å²) in [6.45, 7) is 9.06. The highest BCUT2D eigenvalue weighted by Gasteiger charge is 2.18. The fraction of sp³-hybridized carbons (Fsp3) is 0.500. The largest absolute Gasteiger partial charge is 0.342 e. The molecule has 24 heavy (non-hydrogen) atoms. The van der Waals surface area contributed by atoms with Crippen molar-refractivity contribution in [3.63, 3.8) is 0 Å². The Bertz CT molecular complexity index is 698. The van der Waals surface area contributed by atoms with Crippen molar-refractivity contribution < 1.29 is 4.79 Å². The first-order valence-electron chi connectivity index (χ1n) is 8.37. The van der Waals surface area contributed by atoms with E-state index >= 15 is 0 Å². The number of amides is 1. The summed E-state index contributed by atoms with van der Waals surface area (Å²) in [7, 11) is 1.86. The minimum atomic E-state index is 0.123. The predicted molar refractivity (Wildman–Crippen MR) is 99.1 cm³/mol. The number of hydrogen-bond acceptors (Lipinski definition) is 4. The summed E-state index contributed by atoms with van der Waals surface area (Å²) in [5.74, 6) is 1.37. The summed E-state index contributed by atoms with van der Waals surface area (Å²) in [6.07, 6.45) is 0.954. The molecule has 2 aromatic rings. The number of carbonyl (C=O) groups excluding carboxylic acids is 1. The average molecular weight is 347 g/mol. The summed E-state index contributed by atoms with van der Waals surface area (Å²) in [6, 6.07) is 8.41. The summed E-state index contributed by atoms with van der Waals surface area (Å²) < 4.78 is 2.07. The molecule has 0 saturated heterocycles. The van der Waals surface area contributed by atoms with E-state index in [-0.39, 0.29) is 11.9 Å². The molecule has 1 aromatic heterocycles. The SMILES string of the molecule is CCC(C)N(C)C(=O)CSc1nnc(-c2ccccc2C)n1CC. The fourth-order valence-electron chi connectivity index (χ4n) is 2.45. The number of benzene rings is 1. The second-order valence-electron chi connectivity index (χ2n) is 5.92. The molecule has 0 saturated carbocycles. The zero-order valence-electron chi connectivity index (χ0n) is 15.1. The van der Waals surface area contributed by atoms with E-state index in [9.17, 15) is 4.79 Å². The van der Waals surface area contributed by atoms with Crippen molar-refractivity contribution >= 4 is 17.7 Å². The molecule has 5 nitrogen and oxygen atoms in total. The highest BCUT2D eigenvalue weighted by Crippen LogP contribution is 2.26. The van der Waals surface area contributed by atoms with Crippen LogP contribution in [-0.2, 0) is 11.3 Å². The number of thioether (sulfide) groups is 1. The van der Waals surface area contributed by atoms with E-state index in [0.29, 0.717) is 5.75 Å². The molecule has 0 fully saturated rings. The first kappa shape index (κ1) is 18.5. The van der Waals surface area contributed by atoms with Crippen LogP contribution < -0.4 is 0 Å². The molecule has 2 rings (SSSR count). The maximum Gasteiger partial charge on any atom is 0.233 e. The molecule has 6 heteroatoms. The van der Waals surface area contributed by atoms with Crippen molar-refractivity contribution in [2.75, 3.05) is 12.8 Å². The van der Waals surface area contributed by atoms with Gasteiger partial charge in [0.05, 0.1) is 5.75 Å². The first-order valence-corrected chi connectivity index (χ1v) is 9.35. The van der Waals surface area contributed by atoms with Crippen LogP contribution in [0.4, 0.5) is 0 Å². The third-order valence-corrected chi connectivity index (χ3v) is 5.34. The zero-order valence-corrected chi connectivity index (χ0v) is 15.9. The second-order valence-corrected chi connectivity index (χ2v) is 6.86. The Morgan fingerprint density at radius 3 is 2.62 bits per heavy atom. The van der Waals surface area contributed by atoms with E-state index in [2.05, 4.69) is 54.6 Å². The molecule has 0 aliphatic carbocycles. The van der Waals surface area contributed by atoms with E-state index < -0.39 is 0 Å². The number of aromatic nitrogens is 3. The van der Waals surface area contributed by atoms with Crippen LogP contribution in [0.1, 0.15) is 32.8 Å². The Balaban J connectivity index is 2.16. The average Bonchev–Trinajstić information content (AvgIpc) is 3.01. The van der Waals surface area contributed by atoms with Crippen molar-refractivity contribution in [3.8, 4) is 11.4 Å². The summed E-state index contributed by atoms with van der Waals surface area (Å²) >= 11 is 1.46. The van der Waals surface area contributed by atoms with Crippen molar-refractivity contribution in [3.05, 3.63) is 29.8 Å². The van der Waals surface area contributed by atoms with Gasteiger partial charge in [-0.15, -0.1) is 10.2 Å². The molecule has 0 aliphatic rings. The fourth-order valence-corrected chi connectivity index (χ4v) is 3.38. The van der Waals surface area contributed by atoms with Crippen LogP contribution in [0.2, 0.25) is 0 Å². The van der Waals surface area contributed by atoms with Crippen LogP contribution in [0.3, 0.4) is 0 Å². The normalized spacial score (nSPS) is 12.2. The summed E-state index contributed by atoms with van der Waals surface area (Å²) in [5.41, 5.74) is 2.26. The highest BCUT2D eigenvalue weighted by atomic mass is 32.2. The van der Waals surface area contributed by atoms with Crippen molar-refractivity contribution in [1.29, 1.82) is 0 Å². The maximum absolute atomic E-state index is 12.3. The van der Waals surface area contributed by atoms with Gasteiger partial charge in [-0.1, -0.05) is 43.0 Å². The van der Waals surface area contributed by atoms with Crippen molar-refractivity contribution in [2.45, 2.75) is 51.9 Å². The summed E-state index contributed by atoms with van der Waals surface area (Å²) in [5, 5.41) is 9.46. The number of hydrogen-bond donors (Lipinski definition) is 0. The van der Waals surface area contributed by atoms with Crippen LogP contribution in [0.15, 0.2) is 29.4 Å². The number of aryl methyl sites for hydroxylation is 1. The Morgan fingerprint density at radius 1 is 1.29 bits per heavy atom. The van der Waals surface area contributed by atoms with Gasteiger partial charge in [0.25, 0.3) is 0 Å². The van der Waals surface area contributed by atoms with Gasteiger partial charge in [0, 0.05) is 25.2 Å². The number of carbonyl (C=O) groups is 1. The minimum absolute atomic E-state index is 0.123. The summed E-state index contributed by atoms with van der Waals surface area (Å²) in [4.78, 5) is 14.1. The predicted octanol–water partition coefficient (Wildman–Crippen LogP) is 3.62. The molecule has 1 atom stereocenters. The van der Waals surface area contributed by atoms with Gasteiger partial charge >= 0.3 is 0 Å². The molecular weight excluding hydrogens is 320 g/mol. The van der Waals surface area contributed by atoms with E-state index in [1.807, 2.05) is 24.1 Å². The van der Waals surface area contributed by atoms with E-state index in [1.165, 1.54) is 17.3 Å². The lowest BCUT2D eigenvalue weighted by atomic mass is 10.1. The Labute approximate surface area is 148 Å². The second kappa shape index (κ2) is 8.33. The molecule has 130 valence electrons. The molecule has 0 aliphatic heterocycles. The van der Waals surface area contributed by atoms with Gasteiger partial charge in [0.2, 0.25) is 5.91 Å². The lowest BCUT2D eigenvalue weighted by molar-refractivity contribution is -0.128. The molecule has 1 heterocycles. The van der Waals surface area contributed by atoms with E-state index in [4.69, 9.17) is 0 Å². The Morgan fingerprint density at radius 2 is 2.00 bits per heavy atom. The van der Waals surface area contributed by atoms with Gasteiger partial charge in [-0.3, -0.25) is 4.79 Å². The third-order valence-electron chi connectivity index (χ3n) is 4.39. The van der Waals surface area contributed by atoms with Crippen LogP contribution in [0, 0.1) is 6.92 Å². The molecule has 0 N–H and O–H groups in total.